The number of nitrogens with zero attached hydrogens (tertiary/aromatic N) is 1. The van der Waals surface area contributed by atoms with Crippen LogP contribution in [0.5, 0.6) is 0 Å². The molecule has 0 aliphatic rings. The lowest BCUT2D eigenvalue weighted by molar-refractivity contribution is 0.255. The smallest absolute Gasteiger partial charge is 0.326 e. The molecule has 0 saturated heterocycles. The van der Waals surface area contributed by atoms with E-state index in [1.54, 1.807) is 0 Å². The average Bonchev–Trinajstić information content (AvgIpc) is 2.23. The molecule has 0 aliphatic heterocycles. The Morgan fingerprint density at radius 3 is 2.44 bits per heavy atom. The summed E-state index contributed by atoms with van der Waals surface area (Å²) >= 11 is 0. The number of carbonyl (C=O) groups is 1. The van der Waals surface area contributed by atoms with Gasteiger partial charge in [0.05, 0.1) is 0 Å². The third-order valence-electron chi connectivity index (χ3n) is 2.07. The molecule has 0 radical (unpaired) electrons. The maximum absolute atomic E-state index is 11.4. The van der Waals surface area contributed by atoms with Gasteiger partial charge in [0.1, 0.15) is 0 Å². The first-order valence-corrected chi connectivity index (χ1v) is 4.66. The molecule has 2 amide bonds. The summed E-state index contributed by atoms with van der Waals surface area (Å²) in [6, 6.07) is 5.11. The lowest BCUT2D eigenvalue weighted by Gasteiger charge is -2.11. The SMILES string of the molecule is Cc1cccc(C)c1NC(=O)NC(N)=NO. The molecule has 5 N–H and O–H groups in total. The fourth-order valence-corrected chi connectivity index (χ4v) is 1.30. The van der Waals surface area contributed by atoms with Crippen LogP contribution in [0.1, 0.15) is 11.1 Å². The molecule has 0 fully saturated rings. The molecule has 0 unspecified atom stereocenters. The van der Waals surface area contributed by atoms with E-state index < -0.39 is 6.03 Å². The maximum Gasteiger partial charge on any atom is 0.326 e. The zero-order chi connectivity index (χ0) is 12.1. The summed E-state index contributed by atoms with van der Waals surface area (Å²) in [5.74, 6) is -0.358. The lowest BCUT2D eigenvalue weighted by atomic mass is 10.1. The number of hydrogen-bond acceptors (Lipinski definition) is 3. The number of nitrogens with two attached hydrogens (primary N) is 1. The van der Waals surface area contributed by atoms with Crippen LogP contribution in [-0.4, -0.2) is 17.2 Å². The van der Waals surface area contributed by atoms with E-state index in [0.29, 0.717) is 5.69 Å². The highest BCUT2D eigenvalue weighted by molar-refractivity contribution is 6.02. The summed E-state index contributed by atoms with van der Waals surface area (Å²) in [7, 11) is 0. The molecule has 16 heavy (non-hydrogen) atoms. The predicted molar refractivity (Wildman–Crippen MR) is 61.5 cm³/mol. The molecular formula is C10H14N4O2. The van der Waals surface area contributed by atoms with E-state index >= 15 is 0 Å². The topological polar surface area (TPSA) is 99.7 Å². The Labute approximate surface area is 93.1 Å². The minimum atomic E-state index is -0.548. The molecule has 1 rings (SSSR count). The van der Waals surface area contributed by atoms with Gasteiger partial charge in [-0.05, 0) is 25.0 Å². The number of guanidine groups is 1. The van der Waals surface area contributed by atoms with Crippen molar-refractivity contribution in [1.82, 2.24) is 5.32 Å². The number of anilines is 1. The van der Waals surface area contributed by atoms with Gasteiger partial charge >= 0.3 is 6.03 Å². The molecule has 0 saturated carbocycles. The normalized spacial score (nSPS) is 11.0. The van der Waals surface area contributed by atoms with Crippen molar-refractivity contribution >= 4 is 17.7 Å². The van der Waals surface area contributed by atoms with Crippen LogP contribution in [0.4, 0.5) is 10.5 Å². The van der Waals surface area contributed by atoms with E-state index in [9.17, 15) is 4.79 Å². The first-order chi connectivity index (χ1) is 7.54. The quantitative estimate of drug-likeness (QED) is 0.248. The second-order valence-corrected chi connectivity index (χ2v) is 3.33. The van der Waals surface area contributed by atoms with Crippen LogP contribution in [-0.2, 0) is 0 Å². The number of carbonyl (C=O) groups excluding carboxylic acids is 1. The Morgan fingerprint density at radius 2 is 1.94 bits per heavy atom. The third kappa shape index (κ3) is 2.88. The second kappa shape index (κ2) is 5.01. The Kier molecular flexibility index (Phi) is 3.71. The minimum Gasteiger partial charge on any atom is -0.408 e. The number of rotatable bonds is 1. The predicted octanol–water partition coefficient (Wildman–Crippen LogP) is 1.13. The zero-order valence-corrected chi connectivity index (χ0v) is 9.11. The van der Waals surface area contributed by atoms with Crippen molar-refractivity contribution in [3.05, 3.63) is 29.3 Å². The van der Waals surface area contributed by atoms with E-state index in [0.717, 1.165) is 11.1 Å². The van der Waals surface area contributed by atoms with Gasteiger partial charge in [-0.15, -0.1) is 0 Å². The van der Waals surface area contributed by atoms with Gasteiger partial charge in [-0.1, -0.05) is 23.4 Å². The summed E-state index contributed by atoms with van der Waals surface area (Å²) in [4.78, 5) is 11.4. The number of oxime groups is 1. The van der Waals surface area contributed by atoms with E-state index in [-0.39, 0.29) is 5.96 Å². The molecule has 0 spiro atoms. The standard InChI is InChI=1S/C10H14N4O2/c1-6-4-3-5-7(2)8(6)12-10(15)13-9(11)14-16/h3-5,16H,1-2H3,(H4,11,12,13,14,15). The van der Waals surface area contributed by atoms with Crippen LogP contribution in [0, 0.1) is 13.8 Å². The van der Waals surface area contributed by atoms with E-state index in [1.165, 1.54) is 0 Å². The third-order valence-corrected chi connectivity index (χ3v) is 2.07. The maximum atomic E-state index is 11.4. The number of hydrogen-bond donors (Lipinski definition) is 4. The lowest BCUT2D eigenvalue weighted by Crippen LogP contribution is -2.39. The molecule has 0 heterocycles. The molecule has 0 aliphatic carbocycles. The molecule has 86 valence electrons. The molecule has 0 aromatic heterocycles. The summed E-state index contributed by atoms with van der Waals surface area (Å²) in [5, 5.41) is 15.7. The van der Waals surface area contributed by atoms with Gasteiger partial charge in [0, 0.05) is 5.69 Å². The van der Waals surface area contributed by atoms with Gasteiger partial charge in [-0.25, -0.2) is 4.79 Å². The van der Waals surface area contributed by atoms with Crippen molar-refractivity contribution in [3.63, 3.8) is 0 Å². The highest BCUT2D eigenvalue weighted by Crippen LogP contribution is 2.18. The first kappa shape index (κ1) is 11.8. The second-order valence-electron chi connectivity index (χ2n) is 3.33. The van der Waals surface area contributed by atoms with Crippen molar-refractivity contribution in [3.8, 4) is 0 Å². The van der Waals surface area contributed by atoms with Crippen molar-refractivity contribution in [2.45, 2.75) is 13.8 Å². The Bertz CT molecular complexity index is 409. The number of aryl methyl sites for hydroxylation is 2. The minimum absolute atomic E-state index is 0.358. The summed E-state index contributed by atoms with van der Waals surface area (Å²) in [6.45, 7) is 3.76. The molecular weight excluding hydrogens is 208 g/mol. The summed E-state index contributed by atoms with van der Waals surface area (Å²) < 4.78 is 0. The van der Waals surface area contributed by atoms with Crippen molar-refractivity contribution < 1.29 is 10.0 Å². The van der Waals surface area contributed by atoms with Gasteiger partial charge in [-0.3, -0.25) is 5.32 Å². The van der Waals surface area contributed by atoms with Crippen molar-refractivity contribution in [2.24, 2.45) is 10.9 Å². The highest BCUT2D eigenvalue weighted by Gasteiger charge is 2.07. The highest BCUT2D eigenvalue weighted by atomic mass is 16.4. The van der Waals surface area contributed by atoms with Crippen LogP contribution in [0.25, 0.3) is 0 Å². The summed E-state index contributed by atoms with van der Waals surface area (Å²) in [5.41, 5.74) is 7.72. The Morgan fingerprint density at radius 1 is 1.38 bits per heavy atom. The van der Waals surface area contributed by atoms with Crippen LogP contribution < -0.4 is 16.4 Å². The van der Waals surface area contributed by atoms with E-state index in [1.807, 2.05) is 32.0 Å². The monoisotopic (exact) mass is 222 g/mol. The first-order valence-electron chi connectivity index (χ1n) is 4.66. The fourth-order valence-electron chi connectivity index (χ4n) is 1.30. The van der Waals surface area contributed by atoms with Gasteiger partial charge in [-0.2, -0.15) is 0 Å². The van der Waals surface area contributed by atoms with Gasteiger partial charge < -0.3 is 16.3 Å². The van der Waals surface area contributed by atoms with Crippen LogP contribution in [0.3, 0.4) is 0 Å². The molecule has 1 aromatic rings. The van der Waals surface area contributed by atoms with Crippen LogP contribution in [0.2, 0.25) is 0 Å². The fraction of sp³-hybridized carbons (Fsp3) is 0.200. The van der Waals surface area contributed by atoms with Crippen molar-refractivity contribution in [1.29, 1.82) is 0 Å². The van der Waals surface area contributed by atoms with Gasteiger partial charge in [0.2, 0.25) is 5.96 Å². The Balaban J connectivity index is 2.77. The number of amides is 2. The Hall–Kier alpha value is -2.24. The summed E-state index contributed by atoms with van der Waals surface area (Å²) in [6.07, 6.45) is 0. The number of para-hydroxylation sites is 1. The van der Waals surface area contributed by atoms with Crippen LogP contribution >= 0.6 is 0 Å². The largest absolute Gasteiger partial charge is 0.408 e. The van der Waals surface area contributed by atoms with E-state index in [2.05, 4.69) is 15.8 Å². The van der Waals surface area contributed by atoms with Crippen molar-refractivity contribution in [2.75, 3.05) is 5.32 Å². The molecule has 6 nitrogen and oxygen atoms in total. The number of urea groups is 1. The molecule has 0 bridgehead atoms. The average molecular weight is 222 g/mol. The van der Waals surface area contributed by atoms with Gasteiger partial charge in [0.15, 0.2) is 0 Å². The van der Waals surface area contributed by atoms with E-state index in [4.69, 9.17) is 10.9 Å². The van der Waals surface area contributed by atoms with Crippen LogP contribution in [0.15, 0.2) is 23.4 Å². The molecule has 0 atom stereocenters. The number of nitrogens with one attached hydrogen (secondary N) is 2. The number of benzene rings is 1. The zero-order valence-electron chi connectivity index (χ0n) is 9.11. The molecule has 6 heteroatoms. The van der Waals surface area contributed by atoms with Gasteiger partial charge in [0.25, 0.3) is 0 Å². The molecule has 1 aromatic carbocycles.